The maximum absolute atomic E-state index is 11.1. The van der Waals surface area contributed by atoms with Crippen LogP contribution in [0, 0.1) is 0 Å². The van der Waals surface area contributed by atoms with Gasteiger partial charge in [0, 0.05) is 6.42 Å². The van der Waals surface area contributed by atoms with Crippen LogP contribution < -0.4 is 4.74 Å². The lowest BCUT2D eigenvalue weighted by Crippen LogP contribution is -2.26. The quantitative estimate of drug-likeness (QED) is 0.714. The Morgan fingerprint density at radius 2 is 1.94 bits per heavy atom. The summed E-state index contributed by atoms with van der Waals surface area (Å²) in [6, 6.07) is 7.21. The predicted octanol–water partition coefficient (Wildman–Crippen LogP) is 2.13. The first-order valence-electron chi connectivity index (χ1n) is 5.12. The maximum Gasteiger partial charge on any atom is 0.131 e. The molecule has 1 unspecified atom stereocenters. The summed E-state index contributed by atoms with van der Waals surface area (Å²) in [4.78, 5) is 22.3. The number of carbonyl (C=O) groups is 2. The average Bonchev–Trinajstić information content (AvgIpc) is 2.28. The summed E-state index contributed by atoms with van der Waals surface area (Å²) < 4.78 is 5.04. The van der Waals surface area contributed by atoms with E-state index in [2.05, 4.69) is 0 Å². The molecule has 0 spiro atoms. The van der Waals surface area contributed by atoms with Gasteiger partial charge in [0.1, 0.15) is 17.8 Å². The summed E-state index contributed by atoms with van der Waals surface area (Å²) in [6.07, 6.45) is 1.05. The SMILES string of the molecule is COc1ccc(C(C)(C=O)CC(C)=O)cc1. The normalized spacial score (nSPS) is 13.9. The van der Waals surface area contributed by atoms with Gasteiger partial charge in [-0.25, -0.2) is 0 Å². The summed E-state index contributed by atoms with van der Waals surface area (Å²) in [5, 5.41) is 0. The number of Topliss-reactive ketones (excluding diaryl/α,β-unsaturated/α-hetero) is 1. The highest BCUT2D eigenvalue weighted by molar-refractivity contribution is 5.83. The van der Waals surface area contributed by atoms with Crippen LogP contribution in [0.25, 0.3) is 0 Å². The first kappa shape index (κ1) is 12.4. The molecule has 1 rings (SSSR count). The molecule has 0 saturated carbocycles. The van der Waals surface area contributed by atoms with E-state index >= 15 is 0 Å². The number of aldehydes is 1. The second-order valence-electron chi connectivity index (χ2n) is 4.14. The third-order valence-corrected chi connectivity index (χ3v) is 2.63. The molecule has 0 radical (unpaired) electrons. The Labute approximate surface area is 95.4 Å². The molecule has 1 atom stereocenters. The zero-order valence-corrected chi connectivity index (χ0v) is 9.82. The van der Waals surface area contributed by atoms with Gasteiger partial charge in [-0.05, 0) is 31.5 Å². The summed E-state index contributed by atoms with van der Waals surface area (Å²) >= 11 is 0. The molecule has 86 valence electrons. The van der Waals surface area contributed by atoms with Gasteiger partial charge >= 0.3 is 0 Å². The monoisotopic (exact) mass is 220 g/mol. The fourth-order valence-electron chi connectivity index (χ4n) is 1.70. The van der Waals surface area contributed by atoms with Gasteiger partial charge in [-0.2, -0.15) is 0 Å². The van der Waals surface area contributed by atoms with Gasteiger partial charge < -0.3 is 9.53 Å². The zero-order chi connectivity index (χ0) is 12.2. The van der Waals surface area contributed by atoms with Gasteiger partial charge in [-0.15, -0.1) is 0 Å². The van der Waals surface area contributed by atoms with Crippen molar-refractivity contribution in [3.05, 3.63) is 29.8 Å². The molecule has 1 aromatic carbocycles. The number of carbonyl (C=O) groups excluding carboxylic acids is 2. The summed E-state index contributed by atoms with van der Waals surface area (Å²) in [5.74, 6) is 0.741. The molecule has 0 N–H and O–H groups in total. The van der Waals surface area contributed by atoms with Crippen LogP contribution in [-0.2, 0) is 15.0 Å². The van der Waals surface area contributed by atoms with Crippen molar-refractivity contribution in [3.63, 3.8) is 0 Å². The molecule has 0 aliphatic carbocycles. The third-order valence-electron chi connectivity index (χ3n) is 2.63. The third kappa shape index (κ3) is 2.69. The molecule has 1 aromatic rings. The molecule has 0 aromatic heterocycles. The van der Waals surface area contributed by atoms with Crippen LogP contribution in [-0.4, -0.2) is 19.2 Å². The molecule has 3 heteroatoms. The van der Waals surface area contributed by atoms with Gasteiger partial charge in [0.25, 0.3) is 0 Å². The lowest BCUT2D eigenvalue weighted by Gasteiger charge is -2.22. The summed E-state index contributed by atoms with van der Waals surface area (Å²) in [5.41, 5.74) is 0.0940. The van der Waals surface area contributed by atoms with E-state index in [4.69, 9.17) is 4.74 Å². The minimum atomic E-state index is -0.738. The highest BCUT2D eigenvalue weighted by atomic mass is 16.5. The van der Waals surface area contributed by atoms with Crippen molar-refractivity contribution >= 4 is 12.1 Å². The van der Waals surface area contributed by atoms with Crippen LogP contribution in [0.4, 0.5) is 0 Å². The first-order valence-corrected chi connectivity index (χ1v) is 5.12. The van der Waals surface area contributed by atoms with Gasteiger partial charge in [0.15, 0.2) is 0 Å². The van der Waals surface area contributed by atoms with Crippen molar-refractivity contribution in [1.82, 2.24) is 0 Å². The van der Waals surface area contributed by atoms with Crippen molar-refractivity contribution in [2.45, 2.75) is 25.7 Å². The van der Waals surface area contributed by atoms with E-state index in [1.165, 1.54) is 6.92 Å². The summed E-state index contributed by atoms with van der Waals surface area (Å²) in [7, 11) is 1.59. The topological polar surface area (TPSA) is 43.4 Å². The van der Waals surface area contributed by atoms with Crippen molar-refractivity contribution in [1.29, 1.82) is 0 Å². The molecule has 0 bridgehead atoms. The van der Waals surface area contributed by atoms with Crippen molar-refractivity contribution in [2.75, 3.05) is 7.11 Å². The molecule has 0 fully saturated rings. The van der Waals surface area contributed by atoms with E-state index in [-0.39, 0.29) is 12.2 Å². The molecule has 0 amide bonds. The number of hydrogen-bond donors (Lipinski definition) is 0. The lowest BCUT2D eigenvalue weighted by atomic mass is 9.80. The van der Waals surface area contributed by atoms with E-state index in [1.54, 1.807) is 26.2 Å². The Balaban J connectivity index is 3.02. The number of ketones is 1. The lowest BCUT2D eigenvalue weighted by molar-refractivity contribution is -0.121. The maximum atomic E-state index is 11.1. The minimum absolute atomic E-state index is 0.00502. The van der Waals surface area contributed by atoms with Gasteiger partial charge in [-0.3, -0.25) is 4.79 Å². The molecule has 0 aliphatic rings. The highest BCUT2D eigenvalue weighted by Crippen LogP contribution is 2.27. The molecule has 3 nitrogen and oxygen atoms in total. The smallest absolute Gasteiger partial charge is 0.131 e. The Hall–Kier alpha value is -1.64. The van der Waals surface area contributed by atoms with Crippen LogP contribution >= 0.6 is 0 Å². The zero-order valence-electron chi connectivity index (χ0n) is 9.82. The summed E-state index contributed by atoms with van der Waals surface area (Å²) in [6.45, 7) is 3.26. The Morgan fingerprint density at radius 1 is 1.38 bits per heavy atom. The molecule has 16 heavy (non-hydrogen) atoms. The standard InChI is InChI=1S/C13H16O3/c1-10(15)8-13(2,9-14)11-4-6-12(16-3)7-5-11/h4-7,9H,8H2,1-3H3. The minimum Gasteiger partial charge on any atom is -0.497 e. The van der Waals surface area contributed by atoms with Gasteiger partial charge in [0.05, 0.1) is 12.5 Å². The Kier molecular flexibility index (Phi) is 3.82. The fraction of sp³-hybridized carbons (Fsp3) is 0.385. The van der Waals surface area contributed by atoms with Crippen molar-refractivity contribution in [2.24, 2.45) is 0 Å². The molecular weight excluding hydrogens is 204 g/mol. The average molecular weight is 220 g/mol. The number of methoxy groups -OCH3 is 1. The largest absolute Gasteiger partial charge is 0.497 e. The number of hydrogen-bond acceptors (Lipinski definition) is 3. The predicted molar refractivity (Wildman–Crippen MR) is 61.7 cm³/mol. The van der Waals surface area contributed by atoms with Crippen LogP contribution in [0.3, 0.4) is 0 Å². The van der Waals surface area contributed by atoms with Crippen LogP contribution in [0.5, 0.6) is 5.75 Å². The van der Waals surface area contributed by atoms with E-state index in [1.807, 2.05) is 12.1 Å². The second-order valence-corrected chi connectivity index (χ2v) is 4.14. The van der Waals surface area contributed by atoms with Crippen molar-refractivity contribution in [3.8, 4) is 5.75 Å². The molecule has 0 heterocycles. The van der Waals surface area contributed by atoms with Crippen LogP contribution in [0.1, 0.15) is 25.8 Å². The highest BCUT2D eigenvalue weighted by Gasteiger charge is 2.27. The number of rotatable bonds is 5. The van der Waals surface area contributed by atoms with Gasteiger partial charge in [0.2, 0.25) is 0 Å². The van der Waals surface area contributed by atoms with E-state index in [0.717, 1.165) is 17.6 Å². The van der Waals surface area contributed by atoms with Crippen LogP contribution in [0.15, 0.2) is 24.3 Å². The van der Waals surface area contributed by atoms with Gasteiger partial charge in [-0.1, -0.05) is 12.1 Å². The molecule has 0 saturated heterocycles. The van der Waals surface area contributed by atoms with Crippen molar-refractivity contribution < 1.29 is 14.3 Å². The van der Waals surface area contributed by atoms with E-state index < -0.39 is 5.41 Å². The van der Waals surface area contributed by atoms with E-state index in [9.17, 15) is 9.59 Å². The molecule has 0 aliphatic heterocycles. The number of benzene rings is 1. The van der Waals surface area contributed by atoms with E-state index in [0.29, 0.717) is 0 Å². The fourth-order valence-corrected chi connectivity index (χ4v) is 1.70. The van der Waals surface area contributed by atoms with Crippen LogP contribution in [0.2, 0.25) is 0 Å². The second kappa shape index (κ2) is 4.92. The Bertz CT molecular complexity index is 381. The first-order chi connectivity index (χ1) is 7.51. The number of ether oxygens (including phenoxy) is 1. The Morgan fingerprint density at radius 3 is 2.31 bits per heavy atom. The molecular formula is C13H16O3.